The average Bonchev–Trinajstić information content (AvgIpc) is 2.69. The quantitative estimate of drug-likeness (QED) is 0.404. The Kier molecular flexibility index (Phi) is 7.43. The van der Waals surface area contributed by atoms with Gasteiger partial charge < -0.3 is 0 Å². The van der Waals surface area contributed by atoms with E-state index in [2.05, 4.69) is 18.6 Å². The molecule has 1 aromatic rings. The lowest BCUT2D eigenvalue weighted by molar-refractivity contribution is -0.373. The SMILES string of the molecule is CC(C)CCCC1CCC(C2(OC(F)(F)F)C=CC(c3ccccc3)=CC2F)CC1. The molecule has 1 saturated carbocycles. The van der Waals surface area contributed by atoms with Crippen molar-refractivity contribution >= 4 is 5.57 Å². The van der Waals surface area contributed by atoms with Gasteiger partial charge in [-0.15, -0.1) is 13.2 Å². The van der Waals surface area contributed by atoms with Gasteiger partial charge in [0.15, 0.2) is 6.17 Å². The largest absolute Gasteiger partial charge is 0.523 e. The molecule has 2 atom stereocenters. The second-order valence-corrected chi connectivity index (χ2v) is 9.17. The summed E-state index contributed by atoms with van der Waals surface area (Å²) in [5.41, 5.74) is -0.600. The fourth-order valence-corrected chi connectivity index (χ4v) is 4.93. The second-order valence-electron chi connectivity index (χ2n) is 9.17. The third kappa shape index (κ3) is 5.75. The maximum atomic E-state index is 15.4. The first-order valence-corrected chi connectivity index (χ1v) is 11.1. The van der Waals surface area contributed by atoms with Crippen molar-refractivity contribution in [2.24, 2.45) is 17.8 Å². The van der Waals surface area contributed by atoms with Crippen LogP contribution in [-0.4, -0.2) is 18.1 Å². The minimum Gasteiger partial charge on any atom is -0.277 e. The van der Waals surface area contributed by atoms with E-state index in [1.807, 2.05) is 30.3 Å². The molecule has 2 aliphatic carbocycles. The number of hydrogen-bond acceptors (Lipinski definition) is 1. The lowest BCUT2D eigenvalue weighted by Crippen LogP contribution is -2.52. The highest BCUT2D eigenvalue weighted by Crippen LogP contribution is 2.47. The Morgan fingerprint density at radius 3 is 2.30 bits per heavy atom. The van der Waals surface area contributed by atoms with Gasteiger partial charge in [0.2, 0.25) is 0 Å². The molecule has 0 aliphatic heterocycles. The van der Waals surface area contributed by atoms with E-state index in [1.165, 1.54) is 18.6 Å². The van der Waals surface area contributed by atoms with Crippen LogP contribution in [0.25, 0.3) is 5.57 Å². The van der Waals surface area contributed by atoms with Gasteiger partial charge in [0.05, 0.1) is 0 Å². The number of hydrogen-bond donors (Lipinski definition) is 0. The highest BCUT2D eigenvalue weighted by atomic mass is 19.4. The summed E-state index contributed by atoms with van der Waals surface area (Å²) in [4.78, 5) is 0. The fraction of sp³-hybridized carbons (Fsp3) is 0.600. The van der Waals surface area contributed by atoms with Gasteiger partial charge in [-0.25, -0.2) is 4.39 Å². The average molecular weight is 425 g/mol. The zero-order valence-corrected chi connectivity index (χ0v) is 17.8. The topological polar surface area (TPSA) is 9.23 Å². The van der Waals surface area contributed by atoms with Gasteiger partial charge in [0.25, 0.3) is 0 Å². The molecule has 1 fully saturated rings. The molecule has 0 spiro atoms. The number of allylic oxidation sites excluding steroid dienone is 2. The molecular formula is C25H32F4O. The summed E-state index contributed by atoms with van der Waals surface area (Å²) >= 11 is 0. The van der Waals surface area contributed by atoms with Crippen molar-refractivity contribution in [1.29, 1.82) is 0 Å². The Bertz CT molecular complexity index is 729. The highest BCUT2D eigenvalue weighted by molar-refractivity contribution is 5.76. The summed E-state index contributed by atoms with van der Waals surface area (Å²) in [6, 6.07) is 9.14. The Morgan fingerprint density at radius 2 is 1.73 bits per heavy atom. The summed E-state index contributed by atoms with van der Waals surface area (Å²) in [7, 11) is 0. The normalized spacial score (nSPS) is 29.8. The first kappa shape index (κ1) is 23.1. The van der Waals surface area contributed by atoms with Crippen molar-refractivity contribution in [2.75, 3.05) is 0 Å². The van der Waals surface area contributed by atoms with Crippen molar-refractivity contribution in [1.82, 2.24) is 0 Å². The molecule has 0 bridgehead atoms. The molecule has 0 N–H and O–H groups in total. The van der Waals surface area contributed by atoms with E-state index >= 15 is 4.39 Å². The molecule has 0 aromatic heterocycles. The molecule has 0 amide bonds. The number of rotatable bonds is 7. The minimum atomic E-state index is -4.89. The summed E-state index contributed by atoms with van der Waals surface area (Å²) < 4.78 is 59.9. The summed E-state index contributed by atoms with van der Waals surface area (Å²) in [5.74, 6) is 0.694. The van der Waals surface area contributed by atoms with Gasteiger partial charge in [-0.1, -0.05) is 82.4 Å². The Hall–Kier alpha value is -1.62. The van der Waals surface area contributed by atoms with Crippen LogP contribution in [0.1, 0.15) is 64.4 Å². The molecule has 0 saturated heterocycles. The van der Waals surface area contributed by atoms with Crippen molar-refractivity contribution in [2.45, 2.75) is 76.9 Å². The van der Waals surface area contributed by atoms with Crippen LogP contribution < -0.4 is 0 Å². The molecule has 2 aliphatic rings. The van der Waals surface area contributed by atoms with Crippen LogP contribution in [0.5, 0.6) is 0 Å². The van der Waals surface area contributed by atoms with Crippen LogP contribution in [0.3, 0.4) is 0 Å². The fourth-order valence-electron chi connectivity index (χ4n) is 4.93. The lowest BCUT2D eigenvalue weighted by atomic mass is 9.69. The summed E-state index contributed by atoms with van der Waals surface area (Å²) in [5, 5.41) is 0. The van der Waals surface area contributed by atoms with E-state index in [0.29, 0.717) is 30.3 Å². The van der Waals surface area contributed by atoms with Gasteiger partial charge in [0, 0.05) is 0 Å². The number of alkyl halides is 4. The smallest absolute Gasteiger partial charge is 0.277 e. The Labute approximate surface area is 177 Å². The third-order valence-corrected chi connectivity index (χ3v) is 6.56. The predicted molar refractivity (Wildman–Crippen MR) is 112 cm³/mol. The first-order chi connectivity index (χ1) is 14.2. The van der Waals surface area contributed by atoms with Crippen LogP contribution in [0.4, 0.5) is 17.6 Å². The maximum absolute atomic E-state index is 15.4. The van der Waals surface area contributed by atoms with Crippen molar-refractivity contribution in [3.05, 3.63) is 54.1 Å². The van der Waals surface area contributed by atoms with Gasteiger partial charge in [0.1, 0.15) is 5.60 Å². The highest BCUT2D eigenvalue weighted by Gasteiger charge is 2.53. The molecule has 166 valence electrons. The molecule has 2 unspecified atom stereocenters. The molecule has 0 radical (unpaired) electrons. The van der Waals surface area contributed by atoms with E-state index in [1.54, 1.807) is 6.08 Å². The summed E-state index contributed by atoms with van der Waals surface area (Å²) in [6.45, 7) is 4.40. The molecule has 3 rings (SSSR count). The van der Waals surface area contributed by atoms with Crippen LogP contribution >= 0.6 is 0 Å². The molecule has 5 heteroatoms. The standard InChI is InChI=1S/C25H32F4O/c1-18(2)7-6-8-19-11-13-22(14-12-19)24(30-25(27,28)29)16-15-21(17-23(24)26)20-9-4-3-5-10-20/h3-5,9-10,15-19,22-23H,6-8,11-14H2,1-2H3. The van der Waals surface area contributed by atoms with Gasteiger partial charge >= 0.3 is 6.36 Å². The summed E-state index contributed by atoms with van der Waals surface area (Å²) in [6.07, 6.45) is 3.67. The number of ether oxygens (including phenoxy) is 1. The van der Waals surface area contributed by atoms with Crippen LogP contribution in [0.15, 0.2) is 48.6 Å². The number of halogens is 4. The maximum Gasteiger partial charge on any atom is 0.523 e. The van der Waals surface area contributed by atoms with E-state index in [4.69, 9.17) is 0 Å². The van der Waals surface area contributed by atoms with Crippen molar-refractivity contribution in [3.8, 4) is 0 Å². The molecule has 1 aromatic carbocycles. The second kappa shape index (κ2) is 9.67. The van der Waals surface area contributed by atoms with Crippen molar-refractivity contribution < 1.29 is 22.3 Å². The third-order valence-electron chi connectivity index (χ3n) is 6.56. The van der Waals surface area contributed by atoms with Crippen LogP contribution in [0, 0.1) is 17.8 Å². The van der Waals surface area contributed by atoms with Gasteiger partial charge in [-0.2, -0.15) is 0 Å². The zero-order chi connectivity index (χ0) is 21.8. The van der Waals surface area contributed by atoms with E-state index < -0.39 is 24.1 Å². The lowest BCUT2D eigenvalue weighted by Gasteiger charge is -2.44. The zero-order valence-electron chi connectivity index (χ0n) is 17.8. The van der Waals surface area contributed by atoms with Crippen molar-refractivity contribution in [3.63, 3.8) is 0 Å². The predicted octanol–water partition coefficient (Wildman–Crippen LogP) is 7.89. The Balaban J connectivity index is 1.73. The monoisotopic (exact) mass is 424 g/mol. The Morgan fingerprint density at radius 1 is 1.07 bits per heavy atom. The van der Waals surface area contributed by atoms with Gasteiger partial charge in [-0.05, 0) is 53.9 Å². The van der Waals surface area contributed by atoms with E-state index in [0.717, 1.165) is 31.2 Å². The molecule has 0 heterocycles. The molecule has 1 nitrogen and oxygen atoms in total. The van der Waals surface area contributed by atoms with Gasteiger partial charge in [-0.3, -0.25) is 4.74 Å². The molecule has 30 heavy (non-hydrogen) atoms. The van der Waals surface area contributed by atoms with Crippen LogP contribution in [0.2, 0.25) is 0 Å². The number of benzene rings is 1. The van der Waals surface area contributed by atoms with E-state index in [-0.39, 0.29) is 0 Å². The first-order valence-electron chi connectivity index (χ1n) is 11.1. The van der Waals surface area contributed by atoms with E-state index in [9.17, 15) is 13.2 Å². The van der Waals surface area contributed by atoms with Crippen LogP contribution in [-0.2, 0) is 4.74 Å². The minimum absolute atomic E-state index is 0.486. The molecular weight excluding hydrogens is 392 g/mol.